The van der Waals surface area contributed by atoms with Crippen LogP contribution >= 0.6 is 0 Å². The van der Waals surface area contributed by atoms with Crippen molar-refractivity contribution in [1.82, 2.24) is 14.9 Å². The van der Waals surface area contributed by atoms with E-state index in [1.165, 1.54) is 12.3 Å². The number of carbonyl (C=O) groups excluding carboxylic acids is 2. The number of oxazole rings is 1. The Morgan fingerprint density at radius 1 is 1.00 bits per heavy atom. The number of aromatic nitrogens is 2. The molecule has 0 saturated carbocycles. The molecular formula is C28H25FN4O3. The summed E-state index contributed by atoms with van der Waals surface area (Å²) in [6.07, 6.45) is 4.24. The fraction of sp³-hybridized carbons (Fsp3) is 0.214. The maximum Gasteiger partial charge on any atom is 0.254 e. The topological polar surface area (TPSA) is 88.3 Å². The molecule has 1 aliphatic heterocycles. The van der Waals surface area contributed by atoms with Gasteiger partial charge in [0.15, 0.2) is 5.76 Å². The molecule has 3 heterocycles. The first-order valence-electron chi connectivity index (χ1n) is 11.8. The van der Waals surface area contributed by atoms with Crippen molar-refractivity contribution in [3.63, 3.8) is 0 Å². The molecule has 2 amide bonds. The van der Waals surface area contributed by atoms with Crippen LogP contribution in [0.3, 0.4) is 0 Å². The van der Waals surface area contributed by atoms with Gasteiger partial charge in [-0.25, -0.2) is 14.4 Å². The van der Waals surface area contributed by atoms with Crippen molar-refractivity contribution < 1.29 is 18.4 Å². The highest BCUT2D eigenvalue weighted by molar-refractivity contribution is 6.00. The number of nitrogens with one attached hydrogen (secondary N) is 1. The molecule has 1 fully saturated rings. The molecule has 1 saturated heterocycles. The van der Waals surface area contributed by atoms with Crippen molar-refractivity contribution in [1.29, 1.82) is 0 Å². The largest absolute Gasteiger partial charge is 0.436 e. The molecule has 182 valence electrons. The first-order valence-corrected chi connectivity index (χ1v) is 11.8. The second-order valence-corrected chi connectivity index (χ2v) is 8.83. The number of nitrogens with zero attached hydrogens (tertiary/aromatic N) is 3. The number of rotatable bonds is 5. The lowest BCUT2D eigenvalue weighted by Crippen LogP contribution is -2.41. The van der Waals surface area contributed by atoms with E-state index in [-0.39, 0.29) is 23.6 Å². The Kier molecular flexibility index (Phi) is 6.58. The van der Waals surface area contributed by atoms with Crippen molar-refractivity contribution in [2.75, 3.05) is 18.4 Å². The van der Waals surface area contributed by atoms with E-state index in [9.17, 15) is 14.0 Å². The molecule has 2 aromatic carbocycles. The van der Waals surface area contributed by atoms with E-state index in [4.69, 9.17) is 4.42 Å². The predicted octanol–water partition coefficient (Wildman–Crippen LogP) is 5.34. The van der Waals surface area contributed by atoms with Gasteiger partial charge in [0.05, 0.1) is 17.3 Å². The summed E-state index contributed by atoms with van der Waals surface area (Å²) in [5.74, 6) is 0.235. The number of halogens is 1. The van der Waals surface area contributed by atoms with Crippen LogP contribution in [0.25, 0.3) is 22.8 Å². The van der Waals surface area contributed by atoms with E-state index >= 15 is 0 Å². The monoisotopic (exact) mass is 484 g/mol. The lowest BCUT2D eigenvalue weighted by Gasteiger charge is -2.31. The van der Waals surface area contributed by atoms with Gasteiger partial charge in [-0.2, -0.15) is 0 Å². The van der Waals surface area contributed by atoms with E-state index in [0.29, 0.717) is 54.2 Å². The van der Waals surface area contributed by atoms with E-state index in [2.05, 4.69) is 15.3 Å². The molecule has 0 spiro atoms. The molecule has 8 heteroatoms. The zero-order valence-electron chi connectivity index (χ0n) is 19.8. The van der Waals surface area contributed by atoms with Crippen LogP contribution in [-0.4, -0.2) is 39.8 Å². The zero-order valence-corrected chi connectivity index (χ0v) is 19.8. The molecule has 4 aromatic rings. The standard InChI is InChI=1S/C28H25FN4O3/c1-18-10-13-30-25(16-18)32-26(34)19-11-14-33(15-12-19)28(35)21-7-3-2-6-20(21)27-31-17-24(36-27)22-8-4-5-9-23(22)29/h2-10,13,16-17,19H,11-12,14-15H2,1H3,(H,30,32,34). The predicted molar refractivity (Wildman–Crippen MR) is 134 cm³/mol. The summed E-state index contributed by atoms with van der Waals surface area (Å²) >= 11 is 0. The van der Waals surface area contributed by atoms with Crippen LogP contribution in [0.4, 0.5) is 10.2 Å². The van der Waals surface area contributed by atoms with Gasteiger partial charge in [0, 0.05) is 30.8 Å². The average Bonchev–Trinajstić information content (AvgIpc) is 3.38. The molecule has 1 N–H and O–H groups in total. The van der Waals surface area contributed by atoms with Crippen molar-refractivity contribution >= 4 is 17.6 Å². The first-order chi connectivity index (χ1) is 17.5. The molecule has 7 nitrogen and oxygen atoms in total. The Morgan fingerprint density at radius 3 is 2.47 bits per heavy atom. The summed E-state index contributed by atoms with van der Waals surface area (Å²) in [4.78, 5) is 36.4. The molecule has 36 heavy (non-hydrogen) atoms. The Hall–Kier alpha value is -4.33. The molecule has 0 radical (unpaired) electrons. The fourth-order valence-corrected chi connectivity index (χ4v) is 4.39. The third-order valence-corrected chi connectivity index (χ3v) is 6.35. The molecule has 0 unspecified atom stereocenters. The SMILES string of the molecule is Cc1ccnc(NC(=O)C2CCN(C(=O)c3ccccc3-c3ncc(-c4ccccc4F)o3)CC2)c1. The number of benzene rings is 2. The third kappa shape index (κ3) is 4.88. The number of piperidine rings is 1. The molecule has 1 aliphatic rings. The zero-order chi connectivity index (χ0) is 25.1. The molecular weight excluding hydrogens is 459 g/mol. The number of hydrogen-bond donors (Lipinski definition) is 1. The van der Waals surface area contributed by atoms with Crippen LogP contribution in [0, 0.1) is 18.7 Å². The second-order valence-electron chi connectivity index (χ2n) is 8.83. The van der Waals surface area contributed by atoms with Gasteiger partial charge in [0.2, 0.25) is 11.8 Å². The summed E-state index contributed by atoms with van der Waals surface area (Å²) in [7, 11) is 0. The van der Waals surface area contributed by atoms with Gasteiger partial charge in [0.1, 0.15) is 11.6 Å². The van der Waals surface area contributed by atoms with Crippen molar-refractivity contribution in [3.8, 4) is 22.8 Å². The number of amides is 2. The normalized spacial score (nSPS) is 14.0. The number of carbonyl (C=O) groups is 2. The summed E-state index contributed by atoms with van der Waals surface area (Å²) in [5.41, 5.74) is 2.31. The minimum atomic E-state index is -0.408. The smallest absolute Gasteiger partial charge is 0.254 e. The van der Waals surface area contributed by atoms with Crippen LogP contribution < -0.4 is 5.32 Å². The van der Waals surface area contributed by atoms with Gasteiger partial charge < -0.3 is 14.6 Å². The van der Waals surface area contributed by atoms with E-state index in [0.717, 1.165) is 5.56 Å². The van der Waals surface area contributed by atoms with Gasteiger partial charge in [-0.15, -0.1) is 0 Å². The number of anilines is 1. The molecule has 0 atom stereocenters. The van der Waals surface area contributed by atoms with Crippen molar-refractivity contribution in [2.24, 2.45) is 5.92 Å². The van der Waals surface area contributed by atoms with Crippen LogP contribution in [0.15, 0.2) is 77.5 Å². The van der Waals surface area contributed by atoms with Crippen LogP contribution in [0.5, 0.6) is 0 Å². The Morgan fingerprint density at radius 2 is 1.72 bits per heavy atom. The summed E-state index contributed by atoms with van der Waals surface area (Å²) in [5, 5.41) is 2.88. The minimum Gasteiger partial charge on any atom is -0.436 e. The fourth-order valence-electron chi connectivity index (χ4n) is 4.39. The van der Waals surface area contributed by atoms with Crippen LogP contribution in [0.1, 0.15) is 28.8 Å². The second kappa shape index (κ2) is 10.1. The number of hydrogen-bond acceptors (Lipinski definition) is 5. The van der Waals surface area contributed by atoms with Gasteiger partial charge in [-0.3, -0.25) is 9.59 Å². The summed E-state index contributed by atoms with van der Waals surface area (Å²) < 4.78 is 20.0. The number of likely N-dealkylation sites (tertiary alicyclic amines) is 1. The summed E-state index contributed by atoms with van der Waals surface area (Å²) in [6.45, 7) is 2.86. The van der Waals surface area contributed by atoms with Crippen LogP contribution in [0.2, 0.25) is 0 Å². The molecule has 5 rings (SSSR count). The quantitative estimate of drug-likeness (QED) is 0.413. The average molecular weight is 485 g/mol. The highest BCUT2D eigenvalue weighted by Crippen LogP contribution is 2.31. The first kappa shape index (κ1) is 23.4. The lowest BCUT2D eigenvalue weighted by molar-refractivity contribution is -0.121. The number of pyridine rings is 1. The van der Waals surface area contributed by atoms with E-state index in [1.54, 1.807) is 53.6 Å². The molecule has 0 aliphatic carbocycles. The van der Waals surface area contributed by atoms with Gasteiger partial charge >= 0.3 is 0 Å². The highest BCUT2D eigenvalue weighted by atomic mass is 19.1. The Labute approximate surface area is 208 Å². The molecule has 2 aromatic heterocycles. The Balaban J connectivity index is 1.28. The maximum atomic E-state index is 14.2. The van der Waals surface area contributed by atoms with E-state index < -0.39 is 5.82 Å². The van der Waals surface area contributed by atoms with Crippen molar-refractivity contribution in [2.45, 2.75) is 19.8 Å². The van der Waals surface area contributed by atoms with Gasteiger partial charge in [-0.1, -0.05) is 24.3 Å². The van der Waals surface area contributed by atoms with Gasteiger partial charge in [-0.05, 0) is 61.7 Å². The maximum absolute atomic E-state index is 14.2. The Bertz CT molecular complexity index is 1410. The molecule has 0 bridgehead atoms. The van der Waals surface area contributed by atoms with Crippen LogP contribution in [-0.2, 0) is 4.79 Å². The van der Waals surface area contributed by atoms with Crippen molar-refractivity contribution in [3.05, 3.63) is 90.0 Å². The van der Waals surface area contributed by atoms with Gasteiger partial charge in [0.25, 0.3) is 5.91 Å². The lowest BCUT2D eigenvalue weighted by atomic mass is 9.95. The third-order valence-electron chi connectivity index (χ3n) is 6.35. The minimum absolute atomic E-state index is 0.0824. The number of aryl methyl sites for hydroxylation is 1. The van der Waals surface area contributed by atoms with E-state index in [1.807, 2.05) is 19.1 Å². The summed E-state index contributed by atoms with van der Waals surface area (Å²) in [6, 6.07) is 17.1. The highest BCUT2D eigenvalue weighted by Gasteiger charge is 2.29.